The highest BCUT2D eigenvalue weighted by atomic mass is 16.5. The van der Waals surface area contributed by atoms with E-state index in [4.69, 9.17) is 4.74 Å². The summed E-state index contributed by atoms with van der Waals surface area (Å²) in [7, 11) is 0. The summed E-state index contributed by atoms with van der Waals surface area (Å²) in [6.45, 7) is 0. The van der Waals surface area contributed by atoms with E-state index in [2.05, 4.69) is 10.6 Å². The molecule has 0 spiro atoms. The number of anilines is 1. The molecule has 0 bridgehead atoms. The molecule has 1 aliphatic heterocycles. The number of carbonyl (C=O) groups is 2. The summed E-state index contributed by atoms with van der Waals surface area (Å²) in [5.41, 5.74) is 2.30. The van der Waals surface area contributed by atoms with Crippen molar-refractivity contribution in [2.24, 2.45) is 0 Å². The Bertz CT molecular complexity index is 756. The second kappa shape index (κ2) is 6.00. The molecular weight excluding hydrogens is 304 g/mol. The number of carbonyl (C=O) groups excluding carboxylic acids is 2. The second-order valence-electron chi connectivity index (χ2n) is 6.23. The molecule has 1 fully saturated rings. The normalized spacial score (nSPS) is 18.4. The summed E-state index contributed by atoms with van der Waals surface area (Å²) in [6, 6.07) is 14.9. The minimum atomic E-state index is -0.514. The van der Waals surface area contributed by atoms with Crippen LogP contribution in [0.25, 0.3) is 0 Å². The molecule has 4 rings (SSSR count). The van der Waals surface area contributed by atoms with Gasteiger partial charge in [-0.25, -0.2) is 0 Å². The number of amides is 2. The molecule has 2 amide bonds. The van der Waals surface area contributed by atoms with Crippen molar-refractivity contribution in [2.75, 3.05) is 5.32 Å². The van der Waals surface area contributed by atoms with Crippen LogP contribution in [0.4, 0.5) is 5.69 Å². The average molecular weight is 322 g/mol. The van der Waals surface area contributed by atoms with E-state index in [1.807, 2.05) is 24.3 Å². The first-order valence-electron chi connectivity index (χ1n) is 8.15. The van der Waals surface area contributed by atoms with Crippen LogP contribution in [0, 0.1) is 0 Å². The maximum absolute atomic E-state index is 12.3. The van der Waals surface area contributed by atoms with Gasteiger partial charge in [0.05, 0.1) is 0 Å². The molecular formula is C19H18N2O3. The molecule has 0 radical (unpaired) electrons. The lowest BCUT2D eigenvalue weighted by atomic mass is 10.1. The first-order valence-corrected chi connectivity index (χ1v) is 8.15. The summed E-state index contributed by atoms with van der Waals surface area (Å²) >= 11 is 0. The zero-order valence-electron chi connectivity index (χ0n) is 13.1. The van der Waals surface area contributed by atoms with Crippen molar-refractivity contribution < 1.29 is 14.3 Å². The minimum Gasteiger partial charge on any atom is -0.480 e. The molecule has 24 heavy (non-hydrogen) atoms. The number of hydrogen-bond acceptors (Lipinski definition) is 3. The van der Waals surface area contributed by atoms with Gasteiger partial charge in [-0.05, 0) is 48.7 Å². The molecule has 1 aliphatic carbocycles. The van der Waals surface area contributed by atoms with E-state index in [9.17, 15) is 9.59 Å². The SMILES string of the molecule is O=C(NC1CC1)c1ccc(NC(=O)C2Cc3ccccc3O2)cc1. The molecule has 0 saturated heterocycles. The molecule has 5 heteroatoms. The largest absolute Gasteiger partial charge is 0.480 e. The Labute approximate surface area is 140 Å². The van der Waals surface area contributed by atoms with Crippen LogP contribution in [0.1, 0.15) is 28.8 Å². The highest BCUT2D eigenvalue weighted by Gasteiger charge is 2.29. The Morgan fingerprint density at radius 1 is 1.00 bits per heavy atom. The Balaban J connectivity index is 1.37. The van der Waals surface area contributed by atoms with Gasteiger partial charge < -0.3 is 15.4 Å². The molecule has 1 unspecified atom stereocenters. The maximum Gasteiger partial charge on any atom is 0.265 e. The van der Waals surface area contributed by atoms with Crippen molar-refractivity contribution in [1.29, 1.82) is 0 Å². The Morgan fingerprint density at radius 3 is 2.46 bits per heavy atom. The van der Waals surface area contributed by atoms with Gasteiger partial charge >= 0.3 is 0 Å². The van der Waals surface area contributed by atoms with Crippen LogP contribution in [0.5, 0.6) is 5.75 Å². The van der Waals surface area contributed by atoms with Crippen LogP contribution < -0.4 is 15.4 Å². The van der Waals surface area contributed by atoms with E-state index in [1.165, 1.54) is 0 Å². The van der Waals surface area contributed by atoms with Crippen molar-refractivity contribution >= 4 is 17.5 Å². The lowest BCUT2D eigenvalue weighted by Gasteiger charge is -2.12. The van der Waals surface area contributed by atoms with Crippen molar-refractivity contribution in [3.63, 3.8) is 0 Å². The Morgan fingerprint density at radius 2 is 1.75 bits per heavy atom. The fourth-order valence-corrected chi connectivity index (χ4v) is 2.75. The van der Waals surface area contributed by atoms with Gasteiger partial charge in [-0.15, -0.1) is 0 Å². The topological polar surface area (TPSA) is 67.4 Å². The summed E-state index contributed by atoms with van der Waals surface area (Å²) in [6.07, 6.45) is 2.18. The molecule has 2 aromatic rings. The number of hydrogen-bond donors (Lipinski definition) is 2. The predicted molar refractivity (Wildman–Crippen MR) is 90.1 cm³/mol. The first kappa shape index (κ1) is 14.8. The molecule has 2 N–H and O–H groups in total. The van der Waals surface area contributed by atoms with Crippen LogP contribution in [-0.4, -0.2) is 24.0 Å². The predicted octanol–water partition coefficient (Wildman–Crippen LogP) is 2.52. The molecule has 0 aromatic heterocycles. The van der Waals surface area contributed by atoms with Gasteiger partial charge in [0, 0.05) is 23.7 Å². The van der Waals surface area contributed by atoms with Gasteiger partial charge in [0.2, 0.25) is 0 Å². The maximum atomic E-state index is 12.3. The first-order chi connectivity index (χ1) is 11.7. The lowest BCUT2D eigenvalue weighted by Crippen LogP contribution is -2.31. The summed E-state index contributed by atoms with van der Waals surface area (Å²) < 4.78 is 5.68. The fraction of sp³-hybridized carbons (Fsp3) is 0.263. The van der Waals surface area contributed by atoms with E-state index in [0.717, 1.165) is 24.2 Å². The average Bonchev–Trinajstić information content (AvgIpc) is 3.29. The molecule has 2 aromatic carbocycles. The molecule has 1 heterocycles. The minimum absolute atomic E-state index is 0.0649. The van der Waals surface area contributed by atoms with E-state index in [1.54, 1.807) is 24.3 Å². The van der Waals surface area contributed by atoms with E-state index in [0.29, 0.717) is 23.7 Å². The van der Waals surface area contributed by atoms with Gasteiger partial charge in [0.1, 0.15) is 5.75 Å². The number of rotatable bonds is 4. The molecule has 1 saturated carbocycles. The molecule has 1 atom stereocenters. The zero-order valence-corrected chi connectivity index (χ0v) is 13.1. The second-order valence-corrected chi connectivity index (χ2v) is 6.23. The van der Waals surface area contributed by atoms with E-state index >= 15 is 0 Å². The highest BCUT2D eigenvalue weighted by Crippen LogP contribution is 2.28. The number of fused-ring (bicyclic) bond motifs is 1. The van der Waals surface area contributed by atoms with Crippen molar-refractivity contribution in [1.82, 2.24) is 5.32 Å². The van der Waals surface area contributed by atoms with Crippen LogP contribution in [0.3, 0.4) is 0 Å². The fourth-order valence-electron chi connectivity index (χ4n) is 2.75. The number of nitrogens with one attached hydrogen (secondary N) is 2. The van der Waals surface area contributed by atoms with Gasteiger partial charge in [-0.1, -0.05) is 18.2 Å². The smallest absolute Gasteiger partial charge is 0.265 e. The van der Waals surface area contributed by atoms with Crippen LogP contribution in [-0.2, 0) is 11.2 Å². The standard InChI is InChI=1S/C19H18N2O3/c22-18(20-15-9-10-15)12-5-7-14(8-6-12)21-19(23)17-11-13-3-1-2-4-16(13)24-17/h1-8,15,17H,9-11H2,(H,20,22)(H,21,23). The van der Waals surface area contributed by atoms with Gasteiger partial charge in [-0.3, -0.25) is 9.59 Å². The van der Waals surface area contributed by atoms with Crippen molar-refractivity contribution in [2.45, 2.75) is 31.4 Å². The van der Waals surface area contributed by atoms with Gasteiger partial charge in [0.15, 0.2) is 6.10 Å². The number of benzene rings is 2. The zero-order chi connectivity index (χ0) is 16.5. The third kappa shape index (κ3) is 3.11. The summed E-state index contributed by atoms with van der Waals surface area (Å²) in [4.78, 5) is 24.3. The third-order valence-corrected chi connectivity index (χ3v) is 4.27. The number of para-hydroxylation sites is 1. The van der Waals surface area contributed by atoms with E-state index < -0.39 is 6.10 Å². The van der Waals surface area contributed by atoms with Gasteiger partial charge in [0.25, 0.3) is 11.8 Å². The van der Waals surface area contributed by atoms with Crippen molar-refractivity contribution in [3.05, 3.63) is 59.7 Å². The summed E-state index contributed by atoms with van der Waals surface area (Å²) in [5.74, 6) is 0.524. The van der Waals surface area contributed by atoms with Gasteiger partial charge in [-0.2, -0.15) is 0 Å². The molecule has 5 nitrogen and oxygen atoms in total. The van der Waals surface area contributed by atoms with Crippen LogP contribution in [0.15, 0.2) is 48.5 Å². The lowest BCUT2D eigenvalue weighted by molar-refractivity contribution is -0.122. The van der Waals surface area contributed by atoms with Crippen molar-refractivity contribution in [3.8, 4) is 5.75 Å². The quantitative estimate of drug-likeness (QED) is 0.909. The molecule has 122 valence electrons. The Hall–Kier alpha value is -2.82. The third-order valence-electron chi connectivity index (χ3n) is 4.27. The van der Waals surface area contributed by atoms with Crippen LogP contribution >= 0.6 is 0 Å². The Kier molecular flexibility index (Phi) is 3.69. The van der Waals surface area contributed by atoms with E-state index in [-0.39, 0.29) is 11.8 Å². The summed E-state index contributed by atoms with van der Waals surface area (Å²) in [5, 5.41) is 5.78. The van der Waals surface area contributed by atoms with Crippen LogP contribution in [0.2, 0.25) is 0 Å². The molecule has 2 aliphatic rings. The number of ether oxygens (including phenoxy) is 1. The highest BCUT2D eigenvalue weighted by molar-refractivity contribution is 5.97. The monoisotopic (exact) mass is 322 g/mol.